The molecule has 2 heterocycles. The maximum absolute atomic E-state index is 14.0. The zero-order valence-electron chi connectivity index (χ0n) is 18.8. The fourth-order valence-electron chi connectivity index (χ4n) is 4.04. The van der Waals surface area contributed by atoms with Crippen molar-refractivity contribution in [2.24, 2.45) is 0 Å². The van der Waals surface area contributed by atoms with E-state index >= 15 is 0 Å². The highest BCUT2D eigenvalue weighted by atomic mass is 35.5. The number of urea groups is 1. The van der Waals surface area contributed by atoms with Crippen LogP contribution in [0.3, 0.4) is 0 Å². The van der Waals surface area contributed by atoms with Crippen LogP contribution in [0.5, 0.6) is 5.75 Å². The molecule has 1 aromatic heterocycles. The number of carbonyl (C=O) groups is 1. The first-order chi connectivity index (χ1) is 16.9. The number of aromatic nitrogens is 2. The molecule has 1 unspecified atom stereocenters. The van der Waals surface area contributed by atoms with E-state index in [1.807, 2.05) is 24.3 Å². The van der Waals surface area contributed by atoms with Crippen molar-refractivity contribution >= 4 is 28.9 Å². The molecule has 35 heavy (non-hydrogen) atoms. The molecule has 5 rings (SSSR count). The van der Waals surface area contributed by atoms with E-state index in [4.69, 9.17) is 20.9 Å². The van der Waals surface area contributed by atoms with Gasteiger partial charge in [-0.1, -0.05) is 35.0 Å². The van der Waals surface area contributed by atoms with Crippen LogP contribution in [0.25, 0.3) is 17.0 Å². The van der Waals surface area contributed by atoms with Crippen molar-refractivity contribution in [3.63, 3.8) is 0 Å². The number of methoxy groups -OCH3 is 1. The molecule has 4 aromatic rings. The summed E-state index contributed by atoms with van der Waals surface area (Å²) in [6.07, 6.45) is 0. The number of hydrogen-bond donors (Lipinski definition) is 1. The van der Waals surface area contributed by atoms with Crippen molar-refractivity contribution < 1.29 is 18.4 Å². The molecule has 3 aromatic carbocycles. The number of ether oxygens (including phenoxy) is 1. The van der Waals surface area contributed by atoms with Gasteiger partial charge in [-0.2, -0.15) is 4.98 Å². The SMILES string of the molecule is COc1ccc(-c2noc(C3=C(C)N(c4cccc(F)c4)C(=O)NC3c3ccc(Cl)cc3)n2)cc1. The summed E-state index contributed by atoms with van der Waals surface area (Å²) in [5.41, 5.74) is 3.01. The number of rotatable bonds is 5. The molecule has 0 radical (unpaired) electrons. The fourth-order valence-corrected chi connectivity index (χ4v) is 4.17. The molecule has 1 atom stereocenters. The Morgan fingerprint density at radius 1 is 1.09 bits per heavy atom. The Bertz CT molecular complexity index is 1420. The molecule has 0 aliphatic carbocycles. The van der Waals surface area contributed by atoms with Crippen molar-refractivity contribution in [1.82, 2.24) is 15.5 Å². The van der Waals surface area contributed by atoms with Gasteiger partial charge >= 0.3 is 6.03 Å². The summed E-state index contributed by atoms with van der Waals surface area (Å²) in [6.45, 7) is 1.76. The minimum Gasteiger partial charge on any atom is -0.497 e. The predicted molar refractivity (Wildman–Crippen MR) is 130 cm³/mol. The van der Waals surface area contributed by atoms with E-state index in [0.717, 1.165) is 11.1 Å². The lowest BCUT2D eigenvalue weighted by atomic mass is 9.94. The van der Waals surface area contributed by atoms with E-state index < -0.39 is 17.9 Å². The summed E-state index contributed by atoms with van der Waals surface area (Å²) >= 11 is 6.08. The van der Waals surface area contributed by atoms with Crippen LogP contribution >= 0.6 is 11.6 Å². The maximum Gasteiger partial charge on any atom is 0.327 e. The zero-order valence-corrected chi connectivity index (χ0v) is 19.6. The summed E-state index contributed by atoms with van der Waals surface area (Å²) in [6, 6.07) is 19.2. The summed E-state index contributed by atoms with van der Waals surface area (Å²) in [5.74, 6) is 0.866. The van der Waals surface area contributed by atoms with Gasteiger partial charge in [0.05, 0.1) is 24.4 Å². The average molecular weight is 491 g/mol. The topological polar surface area (TPSA) is 80.5 Å². The van der Waals surface area contributed by atoms with E-state index in [2.05, 4.69) is 15.5 Å². The normalized spacial score (nSPS) is 15.8. The van der Waals surface area contributed by atoms with Crippen LogP contribution in [0.4, 0.5) is 14.9 Å². The Morgan fingerprint density at radius 3 is 2.51 bits per heavy atom. The number of allylic oxidation sites excluding steroid dienone is 1. The number of amides is 2. The van der Waals surface area contributed by atoms with Gasteiger partial charge in [-0.15, -0.1) is 0 Å². The molecule has 1 N–H and O–H groups in total. The molecule has 0 bridgehead atoms. The number of anilines is 1. The van der Waals surface area contributed by atoms with Gasteiger partial charge < -0.3 is 14.6 Å². The average Bonchev–Trinajstić information content (AvgIpc) is 3.34. The number of halogens is 2. The zero-order chi connectivity index (χ0) is 24.5. The highest BCUT2D eigenvalue weighted by Crippen LogP contribution is 2.39. The van der Waals surface area contributed by atoms with Crippen LogP contribution in [-0.2, 0) is 0 Å². The fraction of sp³-hybridized carbons (Fsp3) is 0.115. The molecular formula is C26H20ClFN4O3. The quantitative estimate of drug-likeness (QED) is 0.358. The number of hydrogen-bond acceptors (Lipinski definition) is 5. The second-order valence-electron chi connectivity index (χ2n) is 7.90. The molecule has 0 spiro atoms. The molecule has 176 valence electrons. The van der Waals surface area contributed by atoms with Gasteiger partial charge in [0.1, 0.15) is 11.6 Å². The highest BCUT2D eigenvalue weighted by Gasteiger charge is 2.36. The summed E-state index contributed by atoms with van der Waals surface area (Å²) in [5, 5.41) is 7.70. The smallest absolute Gasteiger partial charge is 0.327 e. The molecular weight excluding hydrogens is 471 g/mol. The van der Waals surface area contributed by atoms with Crippen LogP contribution in [0.2, 0.25) is 5.02 Å². The molecule has 7 nitrogen and oxygen atoms in total. The predicted octanol–water partition coefficient (Wildman–Crippen LogP) is 6.24. The van der Waals surface area contributed by atoms with Gasteiger partial charge in [-0.05, 0) is 67.1 Å². The Balaban J connectivity index is 1.63. The molecule has 1 aliphatic heterocycles. The lowest BCUT2D eigenvalue weighted by Gasteiger charge is -2.35. The van der Waals surface area contributed by atoms with Gasteiger partial charge in [0.2, 0.25) is 5.82 Å². The van der Waals surface area contributed by atoms with Crippen molar-refractivity contribution in [2.75, 3.05) is 12.0 Å². The number of benzene rings is 3. The maximum atomic E-state index is 14.0. The Hall–Kier alpha value is -4.17. The van der Waals surface area contributed by atoms with Crippen LogP contribution in [0, 0.1) is 5.82 Å². The third-order valence-electron chi connectivity index (χ3n) is 5.76. The lowest BCUT2D eigenvalue weighted by Crippen LogP contribution is -2.46. The Kier molecular flexibility index (Phi) is 5.96. The Morgan fingerprint density at radius 2 is 1.83 bits per heavy atom. The van der Waals surface area contributed by atoms with Crippen LogP contribution < -0.4 is 15.0 Å². The minimum absolute atomic E-state index is 0.231. The van der Waals surface area contributed by atoms with E-state index in [9.17, 15) is 9.18 Å². The highest BCUT2D eigenvalue weighted by molar-refractivity contribution is 6.30. The number of carbonyl (C=O) groups excluding carboxylic acids is 1. The van der Waals surface area contributed by atoms with Gasteiger partial charge in [-0.25, -0.2) is 9.18 Å². The van der Waals surface area contributed by atoms with E-state index in [1.54, 1.807) is 50.4 Å². The van der Waals surface area contributed by atoms with Crippen molar-refractivity contribution in [3.05, 3.63) is 101 Å². The summed E-state index contributed by atoms with van der Waals surface area (Å²) < 4.78 is 24.9. The van der Waals surface area contributed by atoms with Gasteiger partial charge in [0.25, 0.3) is 5.89 Å². The number of nitrogens with zero attached hydrogens (tertiary/aromatic N) is 3. The van der Waals surface area contributed by atoms with Crippen molar-refractivity contribution in [2.45, 2.75) is 13.0 Å². The first kappa shape index (κ1) is 22.6. The van der Waals surface area contributed by atoms with Crippen molar-refractivity contribution in [1.29, 1.82) is 0 Å². The number of nitrogens with one attached hydrogen (secondary N) is 1. The van der Waals surface area contributed by atoms with E-state index in [1.165, 1.54) is 17.0 Å². The molecule has 9 heteroatoms. The molecule has 2 amide bonds. The monoisotopic (exact) mass is 490 g/mol. The first-order valence-electron chi connectivity index (χ1n) is 10.8. The second kappa shape index (κ2) is 9.23. The van der Waals surface area contributed by atoms with Gasteiger partial charge in [0, 0.05) is 16.3 Å². The Labute approximate surface area is 205 Å². The molecule has 0 saturated carbocycles. The third-order valence-corrected chi connectivity index (χ3v) is 6.01. The van der Waals surface area contributed by atoms with E-state index in [0.29, 0.717) is 33.6 Å². The third kappa shape index (κ3) is 4.36. The van der Waals surface area contributed by atoms with Crippen LogP contribution in [-0.4, -0.2) is 23.3 Å². The molecule has 0 saturated heterocycles. The van der Waals surface area contributed by atoms with Gasteiger partial charge in [-0.3, -0.25) is 4.90 Å². The van der Waals surface area contributed by atoms with Crippen LogP contribution in [0.1, 0.15) is 24.4 Å². The largest absolute Gasteiger partial charge is 0.497 e. The second-order valence-corrected chi connectivity index (χ2v) is 8.34. The molecule has 1 aliphatic rings. The lowest BCUT2D eigenvalue weighted by molar-refractivity contribution is 0.244. The summed E-state index contributed by atoms with van der Waals surface area (Å²) in [4.78, 5) is 19.2. The van der Waals surface area contributed by atoms with Crippen molar-refractivity contribution in [3.8, 4) is 17.1 Å². The first-order valence-corrected chi connectivity index (χ1v) is 11.1. The van der Waals surface area contributed by atoms with Crippen LogP contribution in [0.15, 0.2) is 83.0 Å². The van der Waals surface area contributed by atoms with Gasteiger partial charge in [0.15, 0.2) is 0 Å². The molecule has 0 fully saturated rings. The van der Waals surface area contributed by atoms with E-state index in [-0.39, 0.29) is 5.89 Å². The standard InChI is InChI=1S/C26H20ClFN4O3/c1-15-22(25-30-24(31-35-25)17-8-12-21(34-2)13-9-17)23(16-6-10-18(27)11-7-16)29-26(33)32(15)20-5-3-4-19(28)14-20/h3-14,23H,1-2H3,(H,29,33). The summed E-state index contributed by atoms with van der Waals surface area (Å²) in [7, 11) is 1.59. The minimum atomic E-state index is -0.589.